The van der Waals surface area contributed by atoms with Crippen LogP contribution in [-0.2, 0) is 0 Å². The summed E-state index contributed by atoms with van der Waals surface area (Å²) in [5.74, 6) is 0.927. The summed E-state index contributed by atoms with van der Waals surface area (Å²) in [6.45, 7) is 2.28. The maximum Gasteiger partial charge on any atom is 0.274 e. The first kappa shape index (κ1) is 17.8. The molecule has 2 aromatic carbocycles. The Hall–Kier alpha value is -3.61. The van der Waals surface area contributed by atoms with E-state index < -0.39 is 0 Å². The van der Waals surface area contributed by atoms with Crippen LogP contribution in [0.25, 0.3) is 27.9 Å². The minimum Gasteiger partial charge on any atom is -0.493 e. The van der Waals surface area contributed by atoms with Gasteiger partial charge in [0.15, 0.2) is 0 Å². The molecule has 0 unspecified atom stereocenters. The molecule has 0 fully saturated rings. The summed E-state index contributed by atoms with van der Waals surface area (Å²) in [6, 6.07) is 13.1. The van der Waals surface area contributed by atoms with Crippen molar-refractivity contribution < 1.29 is 9.53 Å². The second-order valence-electron chi connectivity index (χ2n) is 6.62. The summed E-state index contributed by atoms with van der Waals surface area (Å²) in [7, 11) is 3.36. The number of H-pyrrole nitrogens is 1. The number of ether oxygens (including phenoxy) is 1. The Kier molecular flexibility index (Phi) is 4.35. The number of aromatic nitrogens is 3. The van der Waals surface area contributed by atoms with Crippen molar-refractivity contribution in [3.63, 3.8) is 0 Å². The number of rotatable bonds is 4. The van der Waals surface area contributed by atoms with Crippen molar-refractivity contribution in [2.24, 2.45) is 0 Å². The number of hydrogen-bond acceptors (Lipinski definition) is 4. The van der Waals surface area contributed by atoms with Crippen LogP contribution in [0, 0.1) is 0 Å². The molecule has 4 aromatic rings. The Labute approximate surface area is 161 Å². The van der Waals surface area contributed by atoms with E-state index >= 15 is 0 Å². The molecule has 2 aromatic heterocycles. The van der Waals surface area contributed by atoms with Gasteiger partial charge in [0.25, 0.3) is 11.5 Å². The molecule has 1 amide bonds. The van der Waals surface area contributed by atoms with Gasteiger partial charge in [-0.05, 0) is 13.0 Å². The Morgan fingerprint density at radius 3 is 2.61 bits per heavy atom. The fourth-order valence-electron chi connectivity index (χ4n) is 3.27. The van der Waals surface area contributed by atoms with Gasteiger partial charge in [0.05, 0.1) is 29.4 Å². The van der Waals surface area contributed by atoms with Crippen LogP contribution in [0.3, 0.4) is 0 Å². The highest BCUT2D eigenvalue weighted by molar-refractivity contribution is 6.00. The lowest BCUT2D eigenvalue weighted by atomic mass is 10.1. The van der Waals surface area contributed by atoms with Gasteiger partial charge < -0.3 is 14.6 Å². The van der Waals surface area contributed by atoms with E-state index in [-0.39, 0.29) is 11.5 Å². The van der Waals surface area contributed by atoms with Gasteiger partial charge in [-0.25, -0.2) is 4.98 Å². The van der Waals surface area contributed by atoms with Crippen LogP contribution in [0.2, 0.25) is 0 Å². The molecule has 0 radical (unpaired) electrons. The Morgan fingerprint density at radius 1 is 1.18 bits per heavy atom. The van der Waals surface area contributed by atoms with Crippen LogP contribution < -0.4 is 10.3 Å². The lowest BCUT2D eigenvalue weighted by Gasteiger charge is -2.16. The van der Waals surface area contributed by atoms with Gasteiger partial charge in [0.2, 0.25) is 0 Å². The first-order valence-electron chi connectivity index (χ1n) is 8.98. The molecule has 0 saturated carbocycles. The lowest BCUT2D eigenvalue weighted by molar-refractivity contribution is 0.0823. The van der Waals surface area contributed by atoms with E-state index in [0.29, 0.717) is 40.3 Å². The molecule has 1 N–H and O–H groups in total. The molecule has 0 saturated heterocycles. The molecular weight excluding hydrogens is 356 g/mol. The zero-order valence-electron chi connectivity index (χ0n) is 15.9. The predicted molar refractivity (Wildman–Crippen MR) is 108 cm³/mol. The number of benzene rings is 2. The summed E-state index contributed by atoms with van der Waals surface area (Å²) < 4.78 is 7.55. The number of nitrogens with one attached hydrogen (secondary N) is 1. The highest BCUT2D eigenvalue weighted by Crippen LogP contribution is 2.29. The number of aromatic amines is 1. The van der Waals surface area contributed by atoms with Crippen molar-refractivity contribution in [2.75, 3.05) is 20.7 Å². The first-order chi connectivity index (χ1) is 13.5. The third-order valence-corrected chi connectivity index (χ3v) is 4.55. The Morgan fingerprint density at radius 2 is 1.93 bits per heavy atom. The SMILES string of the molecule is CCOc1cc2c(cc1C(=O)N(C)C)[nH]c(=O)c1cnc(-c3ccccc3)n12. The van der Waals surface area contributed by atoms with Gasteiger partial charge >= 0.3 is 0 Å². The van der Waals surface area contributed by atoms with E-state index in [4.69, 9.17) is 4.74 Å². The van der Waals surface area contributed by atoms with Gasteiger partial charge in [0, 0.05) is 25.7 Å². The fraction of sp³-hybridized carbons (Fsp3) is 0.190. The van der Waals surface area contributed by atoms with E-state index in [9.17, 15) is 9.59 Å². The second kappa shape index (κ2) is 6.84. The highest BCUT2D eigenvalue weighted by atomic mass is 16.5. The molecule has 4 rings (SSSR count). The fourth-order valence-corrected chi connectivity index (χ4v) is 3.27. The van der Waals surface area contributed by atoms with Crippen LogP contribution in [0.1, 0.15) is 17.3 Å². The van der Waals surface area contributed by atoms with Gasteiger partial charge in [-0.3, -0.25) is 14.0 Å². The Balaban J connectivity index is 2.09. The summed E-state index contributed by atoms with van der Waals surface area (Å²) in [4.78, 5) is 34.0. The molecule has 0 spiro atoms. The standard InChI is InChI=1S/C21H20N4O3/c1-4-28-18-11-16-15(10-14(18)21(27)24(2)3)23-20(26)17-12-22-19(25(16)17)13-8-6-5-7-9-13/h5-12H,4H2,1-3H3,(H,23,26). The van der Waals surface area contributed by atoms with Crippen LogP contribution in [0.4, 0.5) is 0 Å². The number of hydrogen-bond donors (Lipinski definition) is 1. The number of carbonyl (C=O) groups is 1. The molecule has 0 bridgehead atoms. The predicted octanol–water partition coefficient (Wildman–Crippen LogP) is 2.94. The molecule has 142 valence electrons. The summed E-state index contributed by atoms with van der Waals surface area (Å²) in [5.41, 5.74) is 2.71. The minimum absolute atomic E-state index is 0.194. The number of imidazole rings is 1. The monoisotopic (exact) mass is 376 g/mol. The smallest absolute Gasteiger partial charge is 0.274 e. The third-order valence-electron chi connectivity index (χ3n) is 4.55. The number of amides is 1. The molecule has 0 aliphatic carbocycles. The largest absolute Gasteiger partial charge is 0.493 e. The van der Waals surface area contributed by atoms with Crippen molar-refractivity contribution in [3.05, 3.63) is 64.6 Å². The zero-order valence-corrected chi connectivity index (χ0v) is 15.9. The molecule has 28 heavy (non-hydrogen) atoms. The van der Waals surface area contributed by atoms with E-state index in [1.165, 1.54) is 4.90 Å². The van der Waals surface area contributed by atoms with Crippen LogP contribution in [0.5, 0.6) is 5.75 Å². The molecule has 2 heterocycles. The van der Waals surface area contributed by atoms with E-state index in [0.717, 1.165) is 5.56 Å². The summed E-state index contributed by atoms with van der Waals surface area (Å²) in [5, 5.41) is 0. The maximum absolute atomic E-state index is 12.6. The number of fused-ring (bicyclic) bond motifs is 3. The molecular formula is C21H20N4O3. The quantitative estimate of drug-likeness (QED) is 0.594. The average molecular weight is 376 g/mol. The van der Waals surface area contributed by atoms with Gasteiger partial charge in [-0.2, -0.15) is 0 Å². The minimum atomic E-state index is -0.269. The van der Waals surface area contributed by atoms with Gasteiger partial charge in [0.1, 0.15) is 17.1 Å². The van der Waals surface area contributed by atoms with Crippen molar-refractivity contribution in [1.82, 2.24) is 19.3 Å². The molecule has 0 aliphatic rings. The number of carbonyl (C=O) groups excluding carboxylic acids is 1. The zero-order chi connectivity index (χ0) is 19.8. The molecule has 0 aliphatic heterocycles. The van der Waals surface area contributed by atoms with E-state index in [2.05, 4.69) is 9.97 Å². The lowest BCUT2D eigenvalue weighted by Crippen LogP contribution is -2.23. The first-order valence-corrected chi connectivity index (χ1v) is 8.98. The molecule has 7 heteroatoms. The average Bonchev–Trinajstić information content (AvgIpc) is 3.14. The molecule has 7 nitrogen and oxygen atoms in total. The van der Waals surface area contributed by atoms with E-state index in [1.807, 2.05) is 37.3 Å². The summed E-state index contributed by atoms with van der Waals surface area (Å²) in [6.07, 6.45) is 1.56. The normalized spacial score (nSPS) is 11.1. The highest BCUT2D eigenvalue weighted by Gasteiger charge is 2.19. The van der Waals surface area contributed by atoms with E-state index in [1.54, 1.807) is 36.8 Å². The topological polar surface area (TPSA) is 79.7 Å². The summed E-state index contributed by atoms with van der Waals surface area (Å²) >= 11 is 0. The molecule has 0 atom stereocenters. The van der Waals surface area contributed by atoms with Crippen LogP contribution >= 0.6 is 0 Å². The van der Waals surface area contributed by atoms with Crippen molar-refractivity contribution in [2.45, 2.75) is 6.92 Å². The van der Waals surface area contributed by atoms with Crippen LogP contribution in [0.15, 0.2) is 53.5 Å². The van der Waals surface area contributed by atoms with Crippen molar-refractivity contribution in [1.29, 1.82) is 0 Å². The van der Waals surface area contributed by atoms with Crippen molar-refractivity contribution in [3.8, 4) is 17.1 Å². The number of nitrogens with zero attached hydrogens (tertiary/aromatic N) is 3. The van der Waals surface area contributed by atoms with Crippen molar-refractivity contribution >= 4 is 22.5 Å². The Bertz CT molecular complexity index is 1240. The van der Waals surface area contributed by atoms with Crippen LogP contribution in [-0.4, -0.2) is 45.9 Å². The maximum atomic E-state index is 12.6. The van der Waals surface area contributed by atoms with Gasteiger partial charge in [-0.1, -0.05) is 30.3 Å². The third kappa shape index (κ3) is 2.81. The second-order valence-corrected chi connectivity index (χ2v) is 6.62. The van der Waals surface area contributed by atoms with Gasteiger partial charge in [-0.15, -0.1) is 0 Å².